The van der Waals surface area contributed by atoms with Gasteiger partial charge >= 0.3 is 0 Å². The van der Waals surface area contributed by atoms with Crippen molar-refractivity contribution in [3.05, 3.63) is 89.5 Å². The molecule has 0 N–H and O–H groups in total. The highest BCUT2D eigenvalue weighted by Gasteiger charge is 2.12. The normalized spacial score (nSPS) is 9.28. The number of rotatable bonds is 4. The van der Waals surface area contributed by atoms with Gasteiger partial charge in [-0.1, -0.05) is 81.6 Å². The van der Waals surface area contributed by atoms with Gasteiger partial charge in [0.15, 0.2) is 0 Å². The van der Waals surface area contributed by atoms with Gasteiger partial charge < -0.3 is 4.90 Å². The molecule has 0 atom stereocenters. The number of aryl methyl sites for hydroxylation is 2. The zero-order valence-electron chi connectivity index (χ0n) is 18.7. The lowest BCUT2D eigenvalue weighted by atomic mass is 10.1. The van der Waals surface area contributed by atoms with E-state index in [2.05, 4.69) is 99.3 Å². The van der Waals surface area contributed by atoms with Crippen LogP contribution in [0.15, 0.2) is 72.8 Å². The van der Waals surface area contributed by atoms with E-state index in [0.717, 1.165) is 22.6 Å². The molecule has 152 valence electrons. The van der Waals surface area contributed by atoms with Gasteiger partial charge in [-0.15, -0.1) is 0 Å². The molecule has 0 unspecified atom stereocenters. The van der Waals surface area contributed by atoms with Crippen LogP contribution >= 0.6 is 0 Å². The quantitative estimate of drug-likeness (QED) is 0.451. The Morgan fingerprint density at radius 3 is 1.59 bits per heavy atom. The average Bonchev–Trinajstić information content (AvgIpc) is 2.74. The van der Waals surface area contributed by atoms with Crippen molar-refractivity contribution in [3.8, 4) is 6.07 Å². The van der Waals surface area contributed by atoms with Crippen LogP contribution in [0, 0.1) is 25.2 Å². The third-order valence-electron chi connectivity index (χ3n) is 4.04. The summed E-state index contributed by atoms with van der Waals surface area (Å²) in [4.78, 5) is 2.22. The predicted octanol–water partition coefficient (Wildman–Crippen LogP) is 8.28. The highest BCUT2D eigenvalue weighted by Crippen LogP contribution is 2.35. The van der Waals surface area contributed by atoms with Crippen LogP contribution in [0.3, 0.4) is 0 Å². The fourth-order valence-corrected chi connectivity index (χ4v) is 2.73. The summed E-state index contributed by atoms with van der Waals surface area (Å²) in [6.45, 7) is 12.4. The molecule has 0 amide bonds. The highest BCUT2D eigenvalue weighted by molar-refractivity contribution is 5.76. The van der Waals surface area contributed by atoms with Crippen LogP contribution in [0.5, 0.6) is 0 Å². The maximum Gasteiger partial charge on any atom is 0.0669 e. The monoisotopic (exact) mass is 386 g/mol. The van der Waals surface area contributed by atoms with Crippen LogP contribution in [0.2, 0.25) is 0 Å². The molecule has 0 spiro atoms. The maximum atomic E-state index is 8.98. The summed E-state index contributed by atoms with van der Waals surface area (Å²) in [5.41, 5.74) is 6.79. The first-order chi connectivity index (χ1) is 14.1. The molecule has 0 aliphatic carbocycles. The first-order valence-electron chi connectivity index (χ1n) is 10.5. The van der Waals surface area contributed by atoms with Crippen molar-refractivity contribution < 1.29 is 0 Å². The zero-order chi connectivity index (χ0) is 21.6. The number of benzene rings is 3. The highest BCUT2D eigenvalue weighted by atomic mass is 15.1. The largest absolute Gasteiger partial charge is 0.310 e. The maximum absolute atomic E-state index is 8.98. The topological polar surface area (TPSA) is 27.0 Å². The van der Waals surface area contributed by atoms with Crippen LogP contribution in [-0.4, -0.2) is 0 Å². The molecule has 0 radical (unpaired) electrons. The molecule has 0 aromatic heterocycles. The Bertz CT molecular complexity index is 826. The molecule has 2 heteroatoms. The van der Waals surface area contributed by atoms with Crippen molar-refractivity contribution >= 4 is 17.1 Å². The van der Waals surface area contributed by atoms with Gasteiger partial charge in [0, 0.05) is 17.1 Å². The summed E-state index contributed by atoms with van der Waals surface area (Å²) >= 11 is 0. The van der Waals surface area contributed by atoms with Gasteiger partial charge in [-0.2, -0.15) is 5.26 Å². The molecule has 3 aromatic carbocycles. The van der Waals surface area contributed by atoms with E-state index < -0.39 is 0 Å². The summed E-state index contributed by atoms with van der Waals surface area (Å²) in [6.07, 6.45) is 1.67. The van der Waals surface area contributed by atoms with Crippen LogP contribution in [0.1, 0.15) is 50.8 Å². The first-order valence-corrected chi connectivity index (χ1v) is 10.5. The molecule has 3 rings (SSSR count). The van der Waals surface area contributed by atoms with E-state index in [-0.39, 0.29) is 0 Å². The number of hydrogen-bond acceptors (Lipinski definition) is 2. The molecule has 3 aromatic rings. The minimum atomic E-state index is 0.420. The second-order valence-electron chi connectivity index (χ2n) is 6.72. The van der Waals surface area contributed by atoms with Crippen molar-refractivity contribution in [1.29, 1.82) is 5.26 Å². The van der Waals surface area contributed by atoms with Crippen LogP contribution in [0.25, 0.3) is 0 Å². The molecule has 0 fully saturated rings. The fraction of sp³-hybridized carbons (Fsp3) is 0.296. The standard InChI is InChI=1S/C22H20N2.C3H8.C2H6/c1-17-6-10-20(11-7-17)24(21-12-8-18(2)9-13-21)22-5-3-4-19(16-22)14-15-23;1-3-2;1-2/h3-13,16H,14H2,1-2H3;3H2,1-2H3;1-2H3. The van der Waals surface area contributed by atoms with Crippen LogP contribution in [-0.2, 0) is 6.42 Å². The van der Waals surface area contributed by atoms with E-state index in [9.17, 15) is 0 Å². The van der Waals surface area contributed by atoms with E-state index in [1.54, 1.807) is 0 Å². The van der Waals surface area contributed by atoms with E-state index in [4.69, 9.17) is 5.26 Å². The van der Waals surface area contributed by atoms with Crippen LogP contribution in [0.4, 0.5) is 17.1 Å². The van der Waals surface area contributed by atoms with Crippen LogP contribution < -0.4 is 4.90 Å². The van der Waals surface area contributed by atoms with Crippen molar-refractivity contribution in [2.24, 2.45) is 0 Å². The SMILES string of the molecule is CC.CCC.Cc1ccc(N(c2ccc(C)cc2)c2cccc(CC#N)c2)cc1. The van der Waals surface area contributed by atoms with Crippen molar-refractivity contribution in [2.45, 2.75) is 54.4 Å². The third kappa shape index (κ3) is 7.47. The molecule has 2 nitrogen and oxygen atoms in total. The molecule has 0 heterocycles. The van der Waals surface area contributed by atoms with Gasteiger partial charge in [0.2, 0.25) is 0 Å². The van der Waals surface area contributed by atoms with E-state index >= 15 is 0 Å². The number of anilines is 3. The zero-order valence-corrected chi connectivity index (χ0v) is 18.7. The molecule has 0 aliphatic heterocycles. The first kappa shape index (κ1) is 24.0. The van der Waals surface area contributed by atoms with Gasteiger partial charge in [0.05, 0.1) is 12.5 Å². The Labute approximate surface area is 177 Å². The smallest absolute Gasteiger partial charge is 0.0669 e. The van der Waals surface area contributed by atoms with Gasteiger partial charge in [-0.05, 0) is 55.8 Å². The molecule has 0 bridgehead atoms. The lowest BCUT2D eigenvalue weighted by Gasteiger charge is -2.26. The second-order valence-corrected chi connectivity index (χ2v) is 6.72. The van der Waals surface area contributed by atoms with E-state index in [0.29, 0.717) is 6.42 Å². The average molecular weight is 387 g/mol. The summed E-state index contributed by atoms with van der Waals surface area (Å²) < 4.78 is 0. The minimum absolute atomic E-state index is 0.420. The summed E-state index contributed by atoms with van der Waals surface area (Å²) in [5.74, 6) is 0. The van der Waals surface area contributed by atoms with Crippen molar-refractivity contribution in [1.82, 2.24) is 0 Å². The van der Waals surface area contributed by atoms with Gasteiger partial charge in [0.1, 0.15) is 0 Å². The number of nitrogens with zero attached hydrogens (tertiary/aromatic N) is 2. The molecular formula is C27H34N2. The fourth-order valence-electron chi connectivity index (χ4n) is 2.73. The Balaban J connectivity index is 0.000000771. The Kier molecular flexibility index (Phi) is 10.9. The Morgan fingerprint density at radius 2 is 1.17 bits per heavy atom. The summed E-state index contributed by atoms with van der Waals surface area (Å²) in [7, 11) is 0. The number of nitriles is 1. The Morgan fingerprint density at radius 1 is 0.724 bits per heavy atom. The predicted molar refractivity (Wildman–Crippen MR) is 127 cm³/mol. The lowest BCUT2D eigenvalue weighted by Crippen LogP contribution is -2.10. The molecule has 29 heavy (non-hydrogen) atoms. The summed E-state index contributed by atoms with van der Waals surface area (Å²) in [6, 6.07) is 27.4. The minimum Gasteiger partial charge on any atom is -0.310 e. The Hall–Kier alpha value is -3.05. The molecule has 0 saturated heterocycles. The number of hydrogen-bond donors (Lipinski definition) is 0. The van der Waals surface area contributed by atoms with Gasteiger partial charge in [0.25, 0.3) is 0 Å². The molecule has 0 saturated carbocycles. The van der Waals surface area contributed by atoms with Crippen molar-refractivity contribution in [3.63, 3.8) is 0 Å². The lowest BCUT2D eigenvalue weighted by molar-refractivity contribution is 1.09. The van der Waals surface area contributed by atoms with Crippen molar-refractivity contribution in [2.75, 3.05) is 4.90 Å². The van der Waals surface area contributed by atoms with E-state index in [1.807, 2.05) is 26.0 Å². The molecule has 0 aliphatic rings. The second kappa shape index (κ2) is 13.2. The third-order valence-corrected chi connectivity index (χ3v) is 4.04. The van der Waals surface area contributed by atoms with Gasteiger partial charge in [-0.25, -0.2) is 0 Å². The summed E-state index contributed by atoms with van der Waals surface area (Å²) in [5, 5.41) is 8.98. The molecular weight excluding hydrogens is 352 g/mol. The van der Waals surface area contributed by atoms with Gasteiger partial charge in [-0.3, -0.25) is 0 Å². The van der Waals surface area contributed by atoms with E-state index in [1.165, 1.54) is 17.5 Å².